The van der Waals surface area contributed by atoms with Gasteiger partial charge in [0.25, 0.3) is 0 Å². The molecule has 2 unspecified atom stereocenters. The summed E-state index contributed by atoms with van der Waals surface area (Å²) in [6.07, 6.45) is 5.41. The van der Waals surface area contributed by atoms with Gasteiger partial charge in [-0.3, -0.25) is 14.0 Å². The molecule has 4 heteroatoms. The second-order valence-corrected chi connectivity index (χ2v) is 8.49. The van der Waals surface area contributed by atoms with Crippen LogP contribution in [0, 0.1) is 12.8 Å². The van der Waals surface area contributed by atoms with Crippen LogP contribution in [0.1, 0.15) is 41.6 Å². The number of fused-ring (bicyclic) bond motifs is 3. The Morgan fingerprint density at radius 3 is 2.64 bits per heavy atom. The fraction of sp³-hybridized carbons (Fsp3) is 0.444. The lowest BCUT2D eigenvalue weighted by Crippen LogP contribution is -2.32. The van der Waals surface area contributed by atoms with E-state index in [1.54, 1.807) is 6.20 Å². The molecule has 0 N–H and O–H groups in total. The van der Waals surface area contributed by atoms with Crippen LogP contribution in [-0.4, -0.2) is 25.5 Å². The molecule has 0 radical (unpaired) electrons. The van der Waals surface area contributed by atoms with Crippen LogP contribution in [0.2, 0.25) is 0 Å². The van der Waals surface area contributed by atoms with Crippen molar-refractivity contribution in [3.63, 3.8) is 0 Å². The Bertz CT molecular complexity index is 770. The Labute approximate surface area is 132 Å². The number of hydrogen-bond donors (Lipinski definition) is 0. The highest BCUT2D eigenvalue weighted by Gasteiger charge is 2.43. The molecule has 3 heterocycles. The maximum absolute atomic E-state index is 13.0. The summed E-state index contributed by atoms with van der Waals surface area (Å²) in [5.74, 6) is 0.258. The molecule has 2 aromatic rings. The largest absolute Gasteiger partial charge is 0.294 e. The average Bonchev–Trinajstić information content (AvgIpc) is 2.76. The number of hydrogen-bond acceptors (Lipinski definition) is 3. The number of carbonyl (C=O) groups is 1. The minimum atomic E-state index is -0.704. The minimum absolute atomic E-state index is 0.0371. The zero-order valence-corrected chi connectivity index (χ0v) is 13.4. The standard InChI is InChI=1S/C18H19NO2S/c1-11-16(7-4-12-3-2-8-19-17(11)12)18(20)13-9-14-5-6-15(10-13)22(14)21/h2-4,7-8,13-15H,5-6,9-10H2,1H3. The minimum Gasteiger partial charge on any atom is -0.294 e. The first-order valence-corrected chi connectivity index (χ1v) is 9.20. The maximum atomic E-state index is 13.0. The molecule has 2 fully saturated rings. The van der Waals surface area contributed by atoms with Crippen molar-refractivity contribution in [1.29, 1.82) is 0 Å². The summed E-state index contributed by atoms with van der Waals surface area (Å²) in [5, 5.41) is 1.56. The molecule has 1 aromatic heterocycles. The second kappa shape index (κ2) is 5.27. The Hall–Kier alpha value is -1.55. The van der Waals surface area contributed by atoms with Gasteiger partial charge in [0.2, 0.25) is 0 Å². The van der Waals surface area contributed by atoms with Crippen LogP contribution >= 0.6 is 0 Å². The number of pyridine rings is 1. The third-order valence-corrected chi connectivity index (χ3v) is 7.40. The molecule has 2 aliphatic heterocycles. The van der Waals surface area contributed by atoms with Crippen LogP contribution < -0.4 is 0 Å². The van der Waals surface area contributed by atoms with Gasteiger partial charge in [-0.05, 0) is 44.2 Å². The van der Waals surface area contributed by atoms with E-state index in [9.17, 15) is 9.00 Å². The van der Waals surface area contributed by atoms with Gasteiger partial charge in [-0.2, -0.15) is 0 Å². The molecular formula is C18H19NO2S. The summed E-state index contributed by atoms with van der Waals surface area (Å²) in [4.78, 5) is 17.4. The summed E-state index contributed by atoms with van der Waals surface area (Å²) < 4.78 is 12.1. The molecule has 2 aliphatic rings. The molecule has 0 amide bonds. The SMILES string of the molecule is Cc1c(C(=O)C2CC3CCC(C2)S3=O)ccc2cccnc12. The smallest absolute Gasteiger partial charge is 0.166 e. The Morgan fingerprint density at radius 2 is 1.91 bits per heavy atom. The van der Waals surface area contributed by atoms with Gasteiger partial charge in [-0.25, -0.2) is 0 Å². The molecule has 3 nitrogen and oxygen atoms in total. The number of rotatable bonds is 2. The summed E-state index contributed by atoms with van der Waals surface area (Å²) in [6.45, 7) is 1.98. The summed E-state index contributed by atoms with van der Waals surface area (Å²) in [7, 11) is -0.704. The summed E-state index contributed by atoms with van der Waals surface area (Å²) in [6, 6.07) is 7.86. The van der Waals surface area contributed by atoms with Crippen LogP contribution in [0.15, 0.2) is 30.5 Å². The van der Waals surface area contributed by atoms with Crippen LogP contribution in [-0.2, 0) is 10.8 Å². The van der Waals surface area contributed by atoms with Crippen LogP contribution in [0.3, 0.4) is 0 Å². The van der Waals surface area contributed by atoms with E-state index in [2.05, 4.69) is 4.98 Å². The van der Waals surface area contributed by atoms with Crippen LogP contribution in [0.5, 0.6) is 0 Å². The zero-order valence-electron chi connectivity index (χ0n) is 12.6. The topological polar surface area (TPSA) is 47.0 Å². The highest BCUT2D eigenvalue weighted by Crippen LogP contribution is 2.40. The van der Waals surface area contributed by atoms with Gasteiger partial charge in [0.05, 0.1) is 5.52 Å². The van der Waals surface area contributed by atoms with E-state index in [1.807, 2.05) is 31.2 Å². The molecule has 114 valence electrons. The van der Waals surface area contributed by atoms with Gasteiger partial charge < -0.3 is 0 Å². The van der Waals surface area contributed by atoms with Gasteiger partial charge in [0.1, 0.15) is 0 Å². The lowest BCUT2D eigenvalue weighted by molar-refractivity contribution is 0.0905. The second-order valence-electron chi connectivity index (χ2n) is 6.50. The van der Waals surface area contributed by atoms with Crippen LogP contribution in [0.4, 0.5) is 0 Å². The predicted molar refractivity (Wildman–Crippen MR) is 88.5 cm³/mol. The monoisotopic (exact) mass is 313 g/mol. The first kappa shape index (κ1) is 14.1. The van der Waals surface area contributed by atoms with Gasteiger partial charge in [0.15, 0.2) is 5.78 Å². The highest BCUT2D eigenvalue weighted by molar-refractivity contribution is 7.86. The van der Waals surface area contributed by atoms with Crippen molar-refractivity contribution in [3.8, 4) is 0 Å². The summed E-state index contributed by atoms with van der Waals surface area (Å²) in [5.41, 5.74) is 2.68. The first-order valence-electron chi connectivity index (χ1n) is 7.93. The molecule has 2 saturated heterocycles. The molecule has 22 heavy (non-hydrogen) atoms. The lowest BCUT2D eigenvalue weighted by Gasteiger charge is -2.26. The molecular weight excluding hydrogens is 294 g/mol. The number of ketones is 1. The van der Waals surface area contributed by atoms with E-state index < -0.39 is 10.8 Å². The number of benzene rings is 1. The number of aryl methyl sites for hydroxylation is 1. The molecule has 4 rings (SSSR count). The van der Waals surface area contributed by atoms with Crippen molar-refractivity contribution in [2.75, 3.05) is 0 Å². The molecule has 2 atom stereocenters. The van der Waals surface area contributed by atoms with Crippen molar-refractivity contribution in [3.05, 3.63) is 41.6 Å². The normalized spacial score (nSPS) is 30.6. The Kier molecular flexibility index (Phi) is 3.37. The fourth-order valence-electron chi connectivity index (χ4n) is 4.02. The van der Waals surface area contributed by atoms with Gasteiger partial charge in [0, 0.05) is 44.4 Å². The van der Waals surface area contributed by atoms with E-state index in [0.717, 1.165) is 47.7 Å². The van der Waals surface area contributed by atoms with E-state index >= 15 is 0 Å². The van der Waals surface area contributed by atoms with E-state index in [4.69, 9.17) is 0 Å². The maximum Gasteiger partial charge on any atom is 0.166 e. The van der Waals surface area contributed by atoms with Crippen LogP contribution in [0.25, 0.3) is 10.9 Å². The predicted octanol–water partition coefficient (Wildman–Crippen LogP) is 3.42. The van der Waals surface area contributed by atoms with Gasteiger partial charge >= 0.3 is 0 Å². The molecule has 0 saturated carbocycles. The third kappa shape index (κ3) is 2.12. The number of nitrogens with zero attached hydrogens (tertiary/aromatic N) is 1. The van der Waals surface area contributed by atoms with Crippen molar-refractivity contribution >= 4 is 27.5 Å². The Balaban J connectivity index is 1.69. The third-order valence-electron chi connectivity index (χ3n) is 5.23. The van der Waals surface area contributed by atoms with Gasteiger partial charge in [-0.1, -0.05) is 18.2 Å². The number of Topliss-reactive ketones (excluding diaryl/α,β-unsaturated/α-hetero) is 1. The zero-order chi connectivity index (χ0) is 15.3. The van der Waals surface area contributed by atoms with Crippen molar-refractivity contribution in [2.24, 2.45) is 5.92 Å². The van der Waals surface area contributed by atoms with E-state index in [0.29, 0.717) is 0 Å². The quantitative estimate of drug-likeness (QED) is 0.798. The lowest BCUT2D eigenvalue weighted by atomic mass is 9.88. The fourth-order valence-corrected chi connectivity index (χ4v) is 6.15. The molecule has 2 bridgehead atoms. The van der Waals surface area contributed by atoms with Gasteiger partial charge in [-0.15, -0.1) is 0 Å². The number of aromatic nitrogens is 1. The van der Waals surface area contributed by atoms with Crippen molar-refractivity contribution in [1.82, 2.24) is 4.98 Å². The van der Waals surface area contributed by atoms with Crippen molar-refractivity contribution < 1.29 is 9.00 Å². The highest BCUT2D eigenvalue weighted by atomic mass is 32.2. The Morgan fingerprint density at radius 1 is 1.18 bits per heavy atom. The van der Waals surface area contributed by atoms with E-state index in [1.165, 1.54) is 0 Å². The molecule has 0 spiro atoms. The van der Waals surface area contributed by atoms with Crippen molar-refractivity contribution in [2.45, 2.75) is 43.1 Å². The number of carbonyl (C=O) groups excluding carboxylic acids is 1. The average molecular weight is 313 g/mol. The first-order chi connectivity index (χ1) is 10.6. The molecule has 1 aromatic carbocycles. The molecule has 0 aliphatic carbocycles. The summed E-state index contributed by atoms with van der Waals surface area (Å²) >= 11 is 0. The van der Waals surface area contributed by atoms with E-state index in [-0.39, 0.29) is 22.2 Å².